The van der Waals surface area contributed by atoms with Crippen LogP contribution in [0.5, 0.6) is 17.2 Å². The Morgan fingerprint density at radius 1 is 0.762 bits per heavy atom. The van der Waals surface area contributed by atoms with Gasteiger partial charge in [-0.05, 0) is 85.0 Å². The second-order valence-corrected chi connectivity index (χ2v) is 16.8. The fourth-order valence-electron chi connectivity index (χ4n) is 8.89. The molecule has 4 aromatic carbocycles. The minimum atomic E-state index is -2.72. The van der Waals surface area contributed by atoms with Gasteiger partial charge >= 0.3 is 0 Å². The van der Waals surface area contributed by atoms with Crippen molar-refractivity contribution in [3.05, 3.63) is 113 Å². The van der Waals surface area contributed by atoms with Crippen LogP contribution in [-0.4, -0.2) is 66.8 Å². The summed E-state index contributed by atoms with van der Waals surface area (Å²) in [5, 5.41) is 19.0. The van der Waals surface area contributed by atoms with E-state index in [2.05, 4.69) is 10.2 Å². The summed E-state index contributed by atoms with van der Waals surface area (Å²) < 4.78 is 84.7. The number of aromatic hydroxyl groups is 1. The zero-order valence-electron chi connectivity index (χ0n) is 33.5. The maximum absolute atomic E-state index is 15.4. The van der Waals surface area contributed by atoms with E-state index in [4.69, 9.17) is 32.7 Å². The Morgan fingerprint density at radius 3 is 1.84 bits per heavy atom. The van der Waals surface area contributed by atoms with E-state index in [0.717, 1.165) is 10.6 Å². The quantitative estimate of drug-likeness (QED) is 0.0334. The van der Waals surface area contributed by atoms with E-state index >= 15 is 8.78 Å². The fourth-order valence-corrected chi connectivity index (χ4v) is 9.78. The number of alkyl halides is 2. The van der Waals surface area contributed by atoms with Crippen LogP contribution in [0.1, 0.15) is 18.4 Å². The molecule has 2 aliphatic heterocycles. The van der Waals surface area contributed by atoms with Gasteiger partial charge in [-0.25, -0.2) is 26.9 Å². The molecule has 0 aromatic heterocycles. The summed E-state index contributed by atoms with van der Waals surface area (Å²) in [6, 6.07) is 16.2. The highest BCUT2D eigenvalue weighted by Crippen LogP contribution is 2.64. The first kappa shape index (κ1) is 43.3. The zero-order chi connectivity index (χ0) is 45.4. The van der Waals surface area contributed by atoms with Crippen molar-refractivity contribution in [1.82, 2.24) is 0 Å². The number of carbonyl (C=O) groups is 4. The zero-order valence-corrected chi connectivity index (χ0v) is 35.0. The number of hydrogen-bond acceptors (Lipinski definition) is 10. The first-order valence-electron chi connectivity index (χ1n) is 19.2. The van der Waals surface area contributed by atoms with E-state index in [0.29, 0.717) is 11.4 Å². The summed E-state index contributed by atoms with van der Waals surface area (Å²) in [6.45, 7) is 0. The topological polar surface area (TPSA) is 141 Å². The average Bonchev–Trinajstić information content (AvgIpc) is 3.61. The van der Waals surface area contributed by atoms with Gasteiger partial charge in [-0.1, -0.05) is 23.8 Å². The predicted octanol–water partition coefficient (Wildman–Crippen LogP) is 8.90. The lowest BCUT2D eigenvalue weighted by atomic mass is 9.57. The molecule has 4 aliphatic rings. The van der Waals surface area contributed by atoms with Crippen LogP contribution in [-0.2, 0) is 19.2 Å². The normalized spacial score (nSPS) is 25.5. The molecule has 326 valence electrons. The number of fused-ring (bicyclic) bond motifs is 4. The number of carbonyl (C=O) groups excluding carboxylic acids is 4. The Hall–Kier alpha value is -6.33. The number of phenolic OH excluding ortho intramolecular Hbond substituents is 1. The van der Waals surface area contributed by atoms with Crippen molar-refractivity contribution in [2.24, 2.45) is 33.9 Å². The smallest absolute Gasteiger partial charge is 0.258 e. The third-order valence-corrected chi connectivity index (χ3v) is 13.4. The molecule has 63 heavy (non-hydrogen) atoms. The molecule has 4 amide bonds. The third kappa shape index (κ3) is 6.53. The molecule has 6 atom stereocenters. The van der Waals surface area contributed by atoms with Crippen molar-refractivity contribution in [3.8, 4) is 17.2 Å². The molecule has 0 bridgehead atoms. The number of hydrogen-bond donors (Lipinski definition) is 1. The van der Waals surface area contributed by atoms with Crippen LogP contribution >= 0.6 is 23.2 Å². The molecule has 12 nitrogen and oxygen atoms in total. The molecule has 3 fully saturated rings. The Balaban J connectivity index is 1.19. The summed E-state index contributed by atoms with van der Waals surface area (Å²) >= 11 is 14.4. The molecule has 8 rings (SSSR count). The lowest BCUT2D eigenvalue weighted by molar-refractivity contribution is -0.125. The largest absolute Gasteiger partial charge is 0.502 e. The maximum Gasteiger partial charge on any atom is 0.258 e. The van der Waals surface area contributed by atoms with E-state index < -0.39 is 98.2 Å². The number of halogens is 7. The molecule has 2 saturated heterocycles. The molecule has 4 aromatic rings. The summed E-state index contributed by atoms with van der Waals surface area (Å²) in [4.78, 5) is 54.9. The van der Waals surface area contributed by atoms with Crippen LogP contribution < -0.4 is 24.2 Å². The van der Waals surface area contributed by atoms with Gasteiger partial charge in [0.25, 0.3) is 11.8 Å². The number of benzene rings is 4. The van der Waals surface area contributed by atoms with Crippen molar-refractivity contribution in [2.75, 3.05) is 43.0 Å². The van der Waals surface area contributed by atoms with Crippen molar-refractivity contribution in [1.29, 1.82) is 0 Å². The number of allylic oxidation sites excluding steroid dienone is 3. The molecule has 0 radical (unpaired) electrons. The second-order valence-electron chi connectivity index (χ2n) is 15.5. The third-order valence-electron chi connectivity index (χ3n) is 12.0. The van der Waals surface area contributed by atoms with Crippen molar-refractivity contribution < 1.29 is 55.7 Å². The first-order valence-corrected chi connectivity index (χ1v) is 19.9. The van der Waals surface area contributed by atoms with Crippen LogP contribution in [0.15, 0.2) is 88.6 Å². The maximum atomic E-state index is 15.4. The van der Waals surface area contributed by atoms with Gasteiger partial charge in [-0.3, -0.25) is 24.1 Å². The predicted molar refractivity (Wildman–Crippen MR) is 221 cm³/mol. The highest BCUT2D eigenvalue weighted by Gasteiger charge is 2.76. The monoisotopic (exact) mass is 909 g/mol. The Morgan fingerprint density at radius 2 is 1.30 bits per heavy atom. The number of anilines is 3. The number of rotatable bonds is 9. The van der Waals surface area contributed by atoms with Gasteiger partial charge in [0.2, 0.25) is 23.4 Å². The SMILES string of the molecule is COc1cc(C=CC2C3=CCC4C(=O)N(c5ccc(N=Nc6ccc(N(C)C)cc6)cc5)C(=O)C4C3CC3(Cl)C(=O)N(c4c(F)c(F)c(F)c(F)c4F)C(=O)C23Cl)cc(OC)c1O. The Labute approximate surface area is 365 Å². The fraction of sp³-hybridized carbons (Fsp3) is 0.273. The van der Waals surface area contributed by atoms with Gasteiger partial charge in [-0.2, -0.15) is 10.2 Å². The van der Waals surface area contributed by atoms with Crippen LogP contribution in [0, 0.1) is 52.8 Å². The summed E-state index contributed by atoms with van der Waals surface area (Å²) in [5.41, 5.74) is 0.784. The summed E-state index contributed by atoms with van der Waals surface area (Å²) in [7, 11) is 6.36. The lowest BCUT2D eigenvalue weighted by Crippen LogP contribution is -2.60. The molecule has 2 aliphatic carbocycles. The highest BCUT2D eigenvalue weighted by atomic mass is 35.5. The van der Waals surface area contributed by atoms with Gasteiger partial charge in [0.1, 0.15) is 5.69 Å². The van der Waals surface area contributed by atoms with E-state index in [1.807, 2.05) is 31.1 Å². The number of ether oxygens (including phenoxy) is 2. The van der Waals surface area contributed by atoms with Crippen LogP contribution in [0.4, 0.5) is 50.4 Å². The van der Waals surface area contributed by atoms with Crippen LogP contribution in [0.3, 0.4) is 0 Å². The number of amides is 4. The highest BCUT2D eigenvalue weighted by molar-refractivity contribution is 6.58. The van der Waals surface area contributed by atoms with Gasteiger partial charge in [0.15, 0.2) is 44.5 Å². The Bertz CT molecular complexity index is 2660. The van der Waals surface area contributed by atoms with Crippen LogP contribution in [0.25, 0.3) is 6.08 Å². The molecule has 2 heterocycles. The minimum Gasteiger partial charge on any atom is -0.502 e. The van der Waals surface area contributed by atoms with E-state index in [1.165, 1.54) is 50.6 Å². The van der Waals surface area contributed by atoms with Crippen LogP contribution in [0.2, 0.25) is 0 Å². The molecule has 1 N–H and O–H groups in total. The molecule has 1 saturated carbocycles. The number of azo groups is 1. The molecular formula is C44H34Cl2F5N5O7. The van der Waals surface area contributed by atoms with Crippen molar-refractivity contribution >= 4 is 81.3 Å². The number of methoxy groups -OCH3 is 2. The van der Waals surface area contributed by atoms with Gasteiger partial charge in [-0.15, -0.1) is 23.2 Å². The molecule has 19 heteroatoms. The van der Waals surface area contributed by atoms with Crippen molar-refractivity contribution in [3.63, 3.8) is 0 Å². The van der Waals surface area contributed by atoms with E-state index in [-0.39, 0.29) is 45.4 Å². The molecular weight excluding hydrogens is 876 g/mol. The number of phenols is 1. The van der Waals surface area contributed by atoms with E-state index in [1.54, 1.807) is 30.3 Å². The summed E-state index contributed by atoms with van der Waals surface area (Å²) in [5.74, 6) is -22.2. The minimum absolute atomic E-state index is 0.0340. The standard InChI is InChI=1S/C44H34Cl2F5N5O7/c1-54(2)23-10-6-21(7-11-23)52-53-22-8-12-24(13-9-22)55-39(58)26-15-14-25-27(31(26)40(55)59)19-43(45)41(60)56(37-35(50)33(48)32(47)34(49)36(37)51)42(61)44(43,46)28(25)16-5-20-17-29(62-3)38(57)30(18-20)63-4/h5-14,16-18,26-28,31,57H,15,19H2,1-4H3. The summed E-state index contributed by atoms with van der Waals surface area (Å²) in [6.07, 6.45) is 3.55. The Kier molecular flexibility index (Phi) is 10.9. The van der Waals surface area contributed by atoms with Crippen molar-refractivity contribution in [2.45, 2.75) is 22.6 Å². The van der Waals surface area contributed by atoms with E-state index in [9.17, 15) is 37.5 Å². The first-order chi connectivity index (χ1) is 29.9. The second kappa shape index (κ2) is 15.8. The number of imide groups is 2. The molecule has 0 spiro atoms. The van der Waals surface area contributed by atoms with Gasteiger partial charge in [0.05, 0.1) is 43.1 Å². The number of nitrogens with zero attached hydrogens (tertiary/aromatic N) is 5. The lowest BCUT2D eigenvalue weighted by Gasteiger charge is -2.49. The molecule has 6 unspecified atom stereocenters. The van der Waals surface area contributed by atoms with Gasteiger partial charge in [0, 0.05) is 25.7 Å². The average molecular weight is 911 g/mol. The van der Waals surface area contributed by atoms with Gasteiger partial charge < -0.3 is 19.5 Å².